The number of carboxylic acid groups (broad SMARTS) is 1. The van der Waals surface area contributed by atoms with Crippen LogP contribution < -0.4 is 15.2 Å². The lowest BCUT2D eigenvalue weighted by molar-refractivity contribution is -0.148. The summed E-state index contributed by atoms with van der Waals surface area (Å²) in [5.41, 5.74) is 5.56. The van der Waals surface area contributed by atoms with E-state index in [0.29, 0.717) is 24.5 Å². The molecule has 0 spiro atoms. The van der Waals surface area contributed by atoms with Gasteiger partial charge < -0.3 is 20.3 Å². The lowest BCUT2D eigenvalue weighted by Crippen LogP contribution is -2.30. The number of benzene rings is 1. The van der Waals surface area contributed by atoms with E-state index in [2.05, 4.69) is 0 Å². The Bertz CT molecular complexity index is 443. The summed E-state index contributed by atoms with van der Waals surface area (Å²) < 4.78 is 10.8. The highest BCUT2D eigenvalue weighted by Crippen LogP contribution is 2.27. The average Bonchev–Trinajstić information content (AvgIpc) is 2.37. The fourth-order valence-corrected chi connectivity index (χ4v) is 1.48. The number of methoxy groups -OCH3 is 1. The van der Waals surface area contributed by atoms with E-state index in [1.54, 1.807) is 27.0 Å². The zero-order chi connectivity index (χ0) is 14.5. The second-order valence-electron chi connectivity index (χ2n) is 4.99. The van der Waals surface area contributed by atoms with Gasteiger partial charge in [-0.1, -0.05) is 6.07 Å². The predicted octanol–water partition coefficient (Wildman–Crippen LogP) is 1.69. The van der Waals surface area contributed by atoms with Crippen molar-refractivity contribution in [2.75, 3.05) is 20.3 Å². The smallest absolute Gasteiger partial charge is 0.312 e. The van der Waals surface area contributed by atoms with E-state index in [9.17, 15) is 4.79 Å². The Morgan fingerprint density at radius 1 is 1.42 bits per heavy atom. The van der Waals surface area contributed by atoms with Crippen LogP contribution in [0.5, 0.6) is 11.5 Å². The molecular formula is C14H21NO4. The molecule has 0 saturated heterocycles. The second-order valence-corrected chi connectivity index (χ2v) is 4.99. The standard InChI is InChI=1S/C14H21NO4/c1-14(2,13(16)17)9-19-12-8-11(18-3)5-4-10(12)6-7-15/h4-5,8H,6-7,9,15H2,1-3H3,(H,16,17). The zero-order valence-electron chi connectivity index (χ0n) is 11.6. The van der Waals surface area contributed by atoms with Crippen molar-refractivity contribution in [1.29, 1.82) is 0 Å². The first-order valence-corrected chi connectivity index (χ1v) is 6.14. The van der Waals surface area contributed by atoms with E-state index in [4.69, 9.17) is 20.3 Å². The van der Waals surface area contributed by atoms with E-state index >= 15 is 0 Å². The maximum Gasteiger partial charge on any atom is 0.312 e. The number of aliphatic carboxylic acids is 1. The van der Waals surface area contributed by atoms with Crippen molar-refractivity contribution in [3.05, 3.63) is 23.8 Å². The maximum absolute atomic E-state index is 11.1. The summed E-state index contributed by atoms with van der Waals surface area (Å²) in [6.45, 7) is 3.84. The van der Waals surface area contributed by atoms with Gasteiger partial charge in [0, 0.05) is 6.07 Å². The number of ether oxygens (including phenoxy) is 2. The van der Waals surface area contributed by atoms with E-state index in [0.717, 1.165) is 5.56 Å². The van der Waals surface area contributed by atoms with Gasteiger partial charge in [0.05, 0.1) is 12.5 Å². The summed E-state index contributed by atoms with van der Waals surface area (Å²) >= 11 is 0. The molecule has 0 aliphatic carbocycles. The third-order valence-electron chi connectivity index (χ3n) is 2.86. The van der Waals surface area contributed by atoms with Crippen LogP contribution in [-0.2, 0) is 11.2 Å². The van der Waals surface area contributed by atoms with Gasteiger partial charge in [0.1, 0.15) is 18.1 Å². The first-order valence-electron chi connectivity index (χ1n) is 6.14. The van der Waals surface area contributed by atoms with E-state index < -0.39 is 11.4 Å². The molecule has 0 bridgehead atoms. The predicted molar refractivity (Wildman–Crippen MR) is 72.7 cm³/mol. The Kier molecular flexibility index (Phi) is 5.18. The van der Waals surface area contributed by atoms with Crippen LogP contribution >= 0.6 is 0 Å². The van der Waals surface area contributed by atoms with Crippen LogP contribution in [0.3, 0.4) is 0 Å². The minimum atomic E-state index is -0.941. The Morgan fingerprint density at radius 2 is 2.11 bits per heavy atom. The van der Waals surface area contributed by atoms with Crippen LogP contribution in [0.2, 0.25) is 0 Å². The Balaban J connectivity index is 2.88. The number of rotatable bonds is 7. The molecule has 0 unspecified atom stereocenters. The van der Waals surface area contributed by atoms with Gasteiger partial charge in [-0.2, -0.15) is 0 Å². The van der Waals surface area contributed by atoms with Gasteiger partial charge in [-0.3, -0.25) is 4.79 Å². The fourth-order valence-electron chi connectivity index (χ4n) is 1.48. The first-order chi connectivity index (χ1) is 8.90. The summed E-state index contributed by atoms with van der Waals surface area (Å²) in [4.78, 5) is 11.1. The number of hydrogen-bond acceptors (Lipinski definition) is 4. The highest BCUT2D eigenvalue weighted by Gasteiger charge is 2.28. The van der Waals surface area contributed by atoms with Gasteiger partial charge in [-0.25, -0.2) is 0 Å². The molecule has 0 saturated carbocycles. The molecule has 1 aromatic rings. The molecule has 0 radical (unpaired) electrons. The van der Waals surface area contributed by atoms with Crippen LogP contribution in [0.4, 0.5) is 0 Å². The summed E-state index contributed by atoms with van der Waals surface area (Å²) in [7, 11) is 1.57. The third-order valence-corrected chi connectivity index (χ3v) is 2.86. The maximum atomic E-state index is 11.1. The van der Waals surface area contributed by atoms with Crippen LogP contribution in [0.25, 0.3) is 0 Å². The van der Waals surface area contributed by atoms with Crippen molar-refractivity contribution in [3.8, 4) is 11.5 Å². The van der Waals surface area contributed by atoms with E-state index in [-0.39, 0.29) is 6.61 Å². The third kappa shape index (κ3) is 4.13. The number of carbonyl (C=O) groups is 1. The number of hydrogen-bond donors (Lipinski definition) is 2. The molecule has 3 N–H and O–H groups in total. The largest absolute Gasteiger partial charge is 0.497 e. The number of nitrogens with two attached hydrogens (primary N) is 1. The lowest BCUT2D eigenvalue weighted by Gasteiger charge is -2.21. The fraction of sp³-hybridized carbons (Fsp3) is 0.500. The highest BCUT2D eigenvalue weighted by molar-refractivity contribution is 5.73. The minimum Gasteiger partial charge on any atom is -0.497 e. The van der Waals surface area contributed by atoms with Gasteiger partial charge in [0.25, 0.3) is 0 Å². The van der Waals surface area contributed by atoms with Crippen molar-refractivity contribution in [2.45, 2.75) is 20.3 Å². The van der Waals surface area contributed by atoms with Crippen molar-refractivity contribution in [2.24, 2.45) is 11.1 Å². The lowest BCUT2D eigenvalue weighted by atomic mass is 9.95. The quantitative estimate of drug-likeness (QED) is 0.785. The zero-order valence-corrected chi connectivity index (χ0v) is 11.6. The summed E-state index contributed by atoms with van der Waals surface area (Å²) in [6.07, 6.45) is 0.673. The normalized spacial score (nSPS) is 11.2. The van der Waals surface area contributed by atoms with Crippen molar-refractivity contribution in [1.82, 2.24) is 0 Å². The molecule has 0 heterocycles. The van der Waals surface area contributed by atoms with Crippen molar-refractivity contribution < 1.29 is 19.4 Å². The van der Waals surface area contributed by atoms with Crippen LogP contribution in [0.15, 0.2) is 18.2 Å². The van der Waals surface area contributed by atoms with Gasteiger partial charge in [0.15, 0.2) is 0 Å². The molecule has 0 fully saturated rings. The number of carboxylic acids is 1. The topological polar surface area (TPSA) is 81.8 Å². The SMILES string of the molecule is COc1ccc(CCN)c(OCC(C)(C)C(=O)O)c1. The molecule has 0 amide bonds. The molecule has 1 aromatic carbocycles. The Labute approximate surface area is 113 Å². The van der Waals surface area contributed by atoms with Crippen LogP contribution in [0.1, 0.15) is 19.4 Å². The average molecular weight is 267 g/mol. The van der Waals surface area contributed by atoms with Gasteiger partial charge in [-0.15, -0.1) is 0 Å². The molecule has 0 aromatic heterocycles. The molecule has 19 heavy (non-hydrogen) atoms. The molecule has 106 valence electrons. The summed E-state index contributed by atoms with van der Waals surface area (Å²) in [6, 6.07) is 5.47. The molecule has 0 aliphatic rings. The molecule has 0 atom stereocenters. The molecule has 5 heteroatoms. The minimum absolute atomic E-state index is 0.0903. The van der Waals surface area contributed by atoms with E-state index in [1.165, 1.54) is 0 Å². The first kappa shape index (κ1) is 15.3. The van der Waals surface area contributed by atoms with Crippen molar-refractivity contribution in [3.63, 3.8) is 0 Å². The van der Waals surface area contributed by atoms with Crippen LogP contribution in [0, 0.1) is 5.41 Å². The molecular weight excluding hydrogens is 246 g/mol. The van der Waals surface area contributed by atoms with Crippen LogP contribution in [-0.4, -0.2) is 31.3 Å². The summed E-state index contributed by atoms with van der Waals surface area (Å²) in [5, 5.41) is 9.07. The Hall–Kier alpha value is -1.75. The van der Waals surface area contributed by atoms with E-state index in [1.807, 2.05) is 12.1 Å². The van der Waals surface area contributed by atoms with Gasteiger partial charge in [-0.05, 0) is 38.4 Å². The van der Waals surface area contributed by atoms with Gasteiger partial charge >= 0.3 is 5.97 Å². The molecule has 5 nitrogen and oxygen atoms in total. The monoisotopic (exact) mass is 267 g/mol. The molecule has 1 rings (SSSR count). The highest BCUT2D eigenvalue weighted by atomic mass is 16.5. The molecule has 0 aliphatic heterocycles. The Morgan fingerprint density at radius 3 is 2.63 bits per heavy atom. The van der Waals surface area contributed by atoms with Gasteiger partial charge in [0.2, 0.25) is 0 Å². The summed E-state index contributed by atoms with van der Waals surface area (Å²) in [5.74, 6) is 0.402. The van der Waals surface area contributed by atoms with Crippen molar-refractivity contribution >= 4 is 5.97 Å². The second kappa shape index (κ2) is 6.43.